The molecule has 0 radical (unpaired) electrons. The molecule has 0 saturated heterocycles. The summed E-state index contributed by atoms with van der Waals surface area (Å²) in [5.41, 5.74) is 12.8. The first-order valence-electron chi connectivity index (χ1n) is 10.6. The van der Waals surface area contributed by atoms with Gasteiger partial charge in [-0.2, -0.15) is 0 Å². The summed E-state index contributed by atoms with van der Waals surface area (Å²) >= 11 is 0. The summed E-state index contributed by atoms with van der Waals surface area (Å²) in [7, 11) is 6.03. The lowest BCUT2D eigenvalue weighted by Crippen LogP contribution is -2.30. The number of amides is 2. The van der Waals surface area contributed by atoms with E-state index in [1.807, 2.05) is 57.4 Å². The smallest absolute Gasteiger partial charge is 0.251 e. The number of fused-ring (bicyclic) bond motifs is 2. The van der Waals surface area contributed by atoms with Gasteiger partial charge in [0.15, 0.2) is 0 Å². The Hall–Kier alpha value is -3.19. The highest BCUT2D eigenvalue weighted by atomic mass is 16.2. The molecule has 0 saturated carbocycles. The Morgan fingerprint density at radius 2 is 1.97 bits per heavy atom. The lowest BCUT2D eigenvalue weighted by atomic mass is 9.92. The molecule has 0 unspecified atom stereocenters. The van der Waals surface area contributed by atoms with Crippen molar-refractivity contribution in [3.05, 3.63) is 41.0 Å². The van der Waals surface area contributed by atoms with Crippen molar-refractivity contribution in [1.82, 2.24) is 4.90 Å². The topological polar surface area (TPSA) is 82.2 Å². The molecule has 0 aromatic heterocycles. The molecular weight excluding hydrogens is 390 g/mol. The van der Waals surface area contributed by atoms with Gasteiger partial charge in [0.2, 0.25) is 5.91 Å². The predicted octanol–water partition coefficient (Wildman–Crippen LogP) is 2.62. The number of carbonyl (C=O) groups excluding carboxylic acids is 2. The number of anilines is 2. The molecule has 2 amide bonds. The quantitative estimate of drug-likeness (QED) is 0.748. The lowest BCUT2D eigenvalue weighted by Gasteiger charge is -2.26. The average molecular weight is 420 g/mol. The summed E-state index contributed by atoms with van der Waals surface area (Å²) in [4.78, 5) is 35.3. The molecule has 2 aliphatic rings. The molecule has 2 N–H and O–H groups in total. The lowest BCUT2D eigenvalue weighted by molar-refractivity contribution is -0.117. The van der Waals surface area contributed by atoms with Crippen LogP contribution in [0.5, 0.6) is 0 Å². The zero-order valence-electron chi connectivity index (χ0n) is 18.6. The van der Waals surface area contributed by atoms with Crippen LogP contribution in [0.25, 0.3) is 11.1 Å². The third-order valence-electron chi connectivity index (χ3n) is 6.08. The minimum atomic E-state index is -0.432. The van der Waals surface area contributed by atoms with Gasteiger partial charge in [-0.1, -0.05) is 6.07 Å². The summed E-state index contributed by atoms with van der Waals surface area (Å²) < 4.78 is 0. The number of nitrogens with two attached hydrogens (primary N) is 1. The summed E-state index contributed by atoms with van der Waals surface area (Å²) in [5, 5.41) is 0. The highest BCUT2D eigenvalue weighted by Crippen LogP contribution is 2.44. The van der Waals surface area contributed by atoms with Crippen LogP contribution >= 0.6 is 0 Å². The third-order valence-corrected chi connectivity index (χ3v) is 6.08. The van der Waals surface area contributed by atoms with Gasteiger partial charge in [0.05, 0.1) is 23.4 Å². The van der Waals surface area contributed by atoms with E-state index < -0.39 is 5.91 Å². The molecule has 7 heteroatoms. The number of nitrogens with zero attached hydrogens (tertiary/aromatic N) is 4. The van der Waals surface area contributed by atoms with Gasteiger partial charge in [-0.3, -0.25) is 14.6 Å². The summed E-state index contributed by atoms with van der Waals surface area (Å²) in [6, 6.07) is 8.16. The number of carbonyl (C=O) groups is 2. The van der Waals surface area contributed by atoms with E-state index >= 15 is 0 Å². The van der Waals surface area contributed by atoms with Crippen molar-refractivity contribution in [2.45, 2.75) is 19.8 Å². The van der Waals surface area contributed by atoms with E-state index in [-0.39, 0.29) is 5.91 Å². The maximum atomic E-state index is 12.4. The van der Waals surface area contributed by atoms with Gasteiger partial charge in [-0.05, 0) is 55.9 Å². The molecule has 2 aromatic rings. The molecule has 0 fully saturated rings. The number of aliphatic imine (C=N–C) groups is 1. The van der Waals surface area contributed by atoms with Crippen LogP contribution in [0, 0.1) is 0 Å². The Balaban J connectivity index is 1.84. The van der Waals surface area contributed by atoms with E-state index in [1.54, 1.807) is 0 Å². The first-order chi connectivity index (χ1) is 14.8. The van der Waals surface area contributed by atoms with Crippen molar-refractivity contribution in [2.75, 3.05) is 50.6 Å². The fourth-order valence-electron chi connectivity index (χ4n) is 4.45. The Morgan fingerprint density at radius 3 is 2.65 bits per heavy atom. The van der Waals surface area contributed by atoms with Crippen LogP contribution in [0.2, 0.25) is 0 Å². The summed E-state index contributed by atoms with van der Waals surface area (Å²) in [6.45, 7) is 4.27. The van der Waals surface area contributed by atoms with Crippen molar-refractivity contribution in [1.29, 1.82) is 0 Å². The van der Waals surface area contributed by atoms with Crippen molar-refractivity contribution >= 4 is 35.1 Å². The van der Waals surface area contributed by atoms with Crippen LogP contribution < -0.4 is 15.5 Å². The second kappa shape index (κ2) is 8.15. The zero-order valence-corrected chi connectivity index (χ0v) is 18.6. The minimum Gasteiger partial charge on any atom is -0.373 e. The molecule has 162 valence electrons. The Morgan fingerprint density at radius 1 is 1.19 bits per heavy atom. The van der Waals surface area contributed by atoms with Gasteiger partial charge in [0, 0.05) is 50.6 Å². The average Bonchev–Trinajstić information content (AvgIpc) is 3.33. The van der Waals surface area contributed by atoms with Gasteiger partial charge in [0.1, 0.15) is 0 Å². The van der Waals surface area contributed by atoms with E-state index in [1.165, 1.54) is 0 Å². The standard InChI is InChI=1S/C24H29N5O2/c1-5-29-19-7-6-15(12-16(19)13-21(29)30)18-14-20(28(4)11-10-27(2)3)22(24(25)31)17-8-9-26-23(17)18/h6-7,9,12,14H,5,8,10-11,13H2,1-4H3,(H2,25,31). The largest absolute Gasteiger partial charge is 0.373 e. The van der Waals surface area contributed by atoms with Crippen molar-refractivity contribution in [3.63, 3.8) is 0 Å². The van der Waals surface area contributed by atoms with Gasteiger partial charge >= 0.3 is 0 Å². The van der Waals surface area contributed by atoms with Crippen LogP contribution in [0.1, 0.15) is 28.4 Å². The first-order valence-corrected chi connectivity index (χ1v) is 10.6. The van der Waals surface area contributed by atoms with E-state index in [2.05, 4.69) is 20.9 Å². The molecule has 0 bridgehead atoms. The number of rotatable bonds is 7. The van der Waals surface area contributed by atoms with Crippen LogP contribution in [-0.4, -0.2) is 63.7 Å². The SMILES string of the molecule is CCN1C(=O)Cc2cc(-c3cc(N(C)CCN(C)C)c(C(N)=O)c4c3N=CC4)ccc21. The fourth-order valence-corrected chi connectivity index (χ4v) is 4.45. The number of primary amides is 1. The van der Waals surface area contributed by atoms with Crippen LogP contribution in [0.15, 0.2) is 29.3 Å². The molecule has 2 aliphatic heterocycles. The second-order valence-corrected chi connectivity index (χ2v) is 8.41. The van der Waals surface area contributed by atoms with Crippen molar-refractivity contribution in [3.8, 4) is 11.1 Å². The zero-order chi connectivity index (χ0) is 22.3. The van der Waals surface area contributed by atoms with E-state index in [0.717, 1.165) is 52.4 Å². The van der Waals surface area contributed by atoms with Crippen molar-refractivity contribution in [2.24, 2.45) is 10.7 Å². The normalized spacial score (nSPS) is 14.4. The number of hydrogen-bond acceptors (Lipinski definition) is 5. The Kier molecular flexibility index (Phi) is 5.54. The molecular formula is C24H29N5O2. The Bertz CT molecular complexity index is 1090. The van der Waals surface area contributed by atoms with Gasteiger partial charge in [-0.15, -0.1) is 0 Å². The molecule has 7 nitrogen and oxygen atoms in total. The predicted molar refractivity (Wildman–Crippen MR) is 126 cm³/mol. The summed E-state index contributed by atoms with van der Waals surface area (Å²) in [5.74, 6) is -0.302. The minimum absolute atomic E-state index is 0.131. The molecule has 4 rings (SSSR count). The van der Waals surface area contributed by atoms with Crippen LogP contribution in [0.4, 0.5) is 17.1 Å². The number of likely N-dealkylation sites (N-methyl/N-ethyl adjacent to an activating group) is 3. The maximum Gasteiger partial charge on any atom is 0.251 e. The van der Waals surface area contributed by atoms with Crippen molar-refractivity contribution < 1.29 is 9.59 Å². The molecule has 2 aromatic carbocycles. The third kappa shape index (κ3) is 3.70. The number of benzene rings is 2. The number of hydrogen-bond donors (Lipinski definition) is 1. The monoisotopic (exact) mass is 419 g/mol. The molecule has 31 heavy (non-hydrogen) atoms. The molecule has 2 heterocycles. The highest BCUT2D eigenvalue weighted by molar-refractivity contribution is 6.07. The molecule has 0 aliphatic carbocycles. The van der Waals surface area contributed by atoms with Gasteiger partial charge in [-0.25, -0.2) is 0 Å². The van der Waals surface area contributed by atoms with Gasteiger partial charge in [0.25, 0.3) is 5.91 Å². The van der Waals surface area contributed by atoms with E-state index in [0.29, 0.717) is 24.9 Å². The van der Waals surface area contributed by atoms with E-state index in [4.69, 9.17) is 5.73 Å². The highest BCUT2D eigenvalue weighted by Gasteiger charge is 2.28. The summed E-state index contributed by atoms with van der Waals surface area (Å²) in [6.07, 6.45) is 2.83. The molecule has 0 spiro atoms. The molecule has 0 atom stereocenters. The van der Waals surface area contributed by atoms with E-state index in [9.17, 15) is 9.59 Å². The maximum absolute atomic E-state index is 12.4. The second-order valence-electron chi connectivity index (χ2n) is 8.41. The fraction of sp³-hybridized carbons (Fsp3) is 0.375. The van der Waals surface area contributed by atoms with Gasteiger partial charge < -0.3 is 20.4 Å². The Labute approximate surface area is 183 Å². The van der Waals surface area contributed by atoms with Crippen LogP contribution in [-0.2, 0) is 17.6 Å². The first kappa shape index (κ1) is 21.1. The van der Waals surface area contributed by atoms with Crippen LogP contribution in [0.3, 0.4) is 0 Å².